The minimum Gasteiger partial charge on any atom is -0.384 e. The van der Waals surface area contributed by atoms with E-state index >= 15 is 0 Å². The van der Waals surface area contributed by atoms with Gasteiger partial charge in [-0.1, -0.05) is 29.3 Å². The van der Waals surface area contributed by atoms with E-state index in [0.717, 1.165) is 0 Å². The fourth-order valence-corrected chi connectivity index (χ4v) is 2.01. The number of nitrogens with one attached hydrogen (secondary N) is 2. The van der Waals surface area contributed by atoms with Crippen molar-refractivity contribution >= 4 is 34.9 Å². The highest BCUT2D eigenvalue weighted by Gasteiger charge is 2.14. The monoisotopic (exact) mass is 284 g/mol. The topological polar surface area (TPSA) is 83.8 Å². The Balaban J connectivity index is 2.11. The number of hydrogen-bond donors (Lipinski definition) is 3. The van der Waals surface area contributed by atoms with Gasteiger partial charge in [-0.05, 0) is 12.1 Å². The number of carbonyl (C=O) groups excluding carboxylic acids is 1. The van der Waals surface area contributed by atoms with Gasteiger partial charge in [0.05, 0.1) is 21.8 Å². The number of amides is 1. The minimum absolute atomic E-state index is 0.253. The first-order valence-electron chi connectivity index (χ1n) is 5.09. The Morgan fingerprint density at radius 1 is 1.39 bits per heavy atom. The van der Waals surface area contributed by atoms with E-state index in [0.29, 0.717) is 21.4 Å². The van der Waals surface area contributed by atoms with Crippen molar-refractivity contribution in [3.05, 3.63) is 45.6 Å². The van der Waals surface area contributed by atoms with Crippen molar-refractivity contribution in [2.24, 2.45) is 0 Å². The second kappa shape index (κ2) is 5.29. The molecule has 1 heterocycles. The van der Waals surface area contributed by atoms with Gasteiger partial charge in [-0.15, -0.1) is 0 Å². The van der Waals surface area contributed by atoms with Gasteiger partial charge in [-0.3, -0.25) is 9.89 Å². The molecule has 0 atom stereocenters. The van der Waals surface area contributed by atoms with Crippen LogP contribution in [0.5, 0.6) is 0 Å². The molecule has 7 heteroatoms. The first kappa shape index (κ1) is 12.7. The Morgan fingerprint density at radius 2 is 2.06 bits per heavy atom. The fourth-order valence-electron chi connectivity index (χ4n) is 1.44. The molecular weight excluding hydrogens is 275 g/mol. The Labute approximate surface area is 113 Å². The molecule has 0 aliphatic rings. The van der Waals surface area contributed by atoms with Crippen molar-refractivity contribution in [2.45, 2.75) is 6.54 Å². The number of halogens is 2. The van der Waals surface area contributed by atoms with Crippen molar-refractivity contribution in [1.29, 1.82) is 0 Å². The molecule has 94 valence electrons. The van der Waals surface area contributed by atoms with Gasteiger partial charge >= 0.3 is 0 Å². The molecule has 2 rings (SSSR count). The van der Waals surface area contributed by atoms with E-state index in [4.69, 9.17) is 28.9 Å². The van der Waals surface area contributed by atoms with E-state index in [-0.39, 0.29) is 18.0 Å². The SMILES string of the molecule is Nc1[nH]ncc1CNC(=O)c1c(Cl)cccc1Cl. The molecule has 5 nitrogen and oxygen atoms in total. The first-order valence-corrected chi connectivity index (χ1v) is 5.85. The third-order valence-corrected chi connectivity index (χ3v) is 3.01. The summed E-state index contributed by atoms with van der Waals surface area (Å²) in [4.78, 5) is 11.9. The summed E-state index contributed by atoms with van der Waals surface area (Å²) in [6.07, 6.45) is 1.55. The number of nitrogen functional groups attached to an aromatic ring is 1. The van der Waals surface area contributed by atoms with E-state index in [1.807, 2.05) is 0 Å². The number of nitrogens with two attached hydrogens (primary N) is 1. The van der Waals surface area contributed by atoms with Crippen LogP contribution in [0.4, 0.5) is 5.82 Å². The molecule has 0 spiro atoms. The molecule has 0 saturated heterocycles. The number of aromatic nitrogens is 2. The lowest BCUT2D eigenvalue weighted by molar-refractivity contribution is 0.0951. The van der Waals surface area contributed by atoms with Gasteiger partial charge in [0.2, 0.25) is 0 Å². The quantitative estimate of drug-likeness (QED) is 0.808. The second-order valence-corrected chi connectivity index (χ2v) is 4.40. The van der Waals surface area contributed by atoms with Gasteiger partial charge in [0.25, 0.3) is 5.91 Å². The van der Waals surface area contributed by atoms with Crippen LogP contribution in [-0.2, 0) is 6.54 Å². The zero-order chi connectivity index (χ0) is 13.1. The summed E-state index contributed by atoms with van der Waals surface area (Å²) in [6, 6.07) is 4.89. The van der Waals surface area contributed by atoms with Crippen LogP contribution >= 0.6 is 23.2 Å². The van der Waals surface area contributed by atoms with Gasteiger partial charge in [-0.2, -0.15) is 5.10 Å². The highest BCUT2D eigenvalue weighted by molar-refractivity contribution is 6.39. The molecule has 0 bridgehead atoms. The van der Waals surface area contributed by atoms with Crippen LogP contribution < -0.4 is 11.1 Å². The number of aromatic amines is 1. The van der Waals surface area contributed by atoms with Crippen molar-refractivity contribution in [2.75, 3.05) is 5.73 Å². The molecule has 0 saturated carbocycles. The van der Waals surface area contributed by atoms with Gasteiger partial charge < -0.3 is 11.1 Å². The van der Waals surface area contributed by atoms with Crippen LogP contribution in [0, 0.1) is 0 Å². The maximum atomic E-state index is 11.9. The largest absolute Gasteiger partial charge is 0.384 e. The summed E-state index contributed by atoms with van der Waals surface area (Å²) in [7, 11) is 0. The molecule has 0 aliphatic heterocycles. The van der Waals surface area contributed by atoms with Gasteiger partial charge in [0.15, 0.2) is 0 Å². The van der Waals surface area contributed by atoms with Gasteiger partial charge in [0.1, 0.15) is 5.82 Å². The minimum atomic E-state index is -0.355. The van der Waals surface area contributed by atoms with E-state index in [2.05, 4.69) is 15.5 Å². The first-order chi connectivity index (χ1) is 8.59. The van der Waals surface area contributed by atoms with E-state index in [1.54, 1.807) is 24.4 Å². The lowest BCUT2D eigenvalue weighted by Crippen LogP contribution is -2.23. The summed E-state index contributed by atoms with van der Waals surface area (Å²) in [5, 5.41) is 9.62. The zero-order valence-corrected chi connectivity index (χ0v) is 10.7. The highest BCUT2D eigenvalue weighted by atomic mass is 35.5. The second-order valence-electron chi connectivity index (χ2n) is 3.59. The Hall–Kier alpha value is -1.72. The van der Waals surface area contributed by atoms with Crippen LogP contribution in [0.15, 0.2) is 24.4 Å². The molecule has 2 aromatic rings. The van der Waals surface area contributed by atoms with Crippen molar-refractivity contribution < 1.29 is 4.79 Å². The predicted octanol–water partition coefficient (Wildman–Crippen LogP) is 2.23. The molecule has 1 aromatic carbocycles. The Bertz CT molecular complexity index is 562. The molecule has 0 radical (unpaired) electrons. The Kier molecular flexibility index (Phi) is 3.74. The summed E-state index contributed by atoms with van der Waals surface area (Å²) >= 11 is 11.9. The van der Waals surface area contributed by atoms with Crippen LogP contribution in [0.3, 0.4) is 0 Å². The smallest absolute Gasteiger partial charge is 0.254 e. The van der Waals surface area contributed by atoms with Gasteiger partial charge in [0, 0.05) is 12.1 Å². The molecule has 0 fully saturated rings. The van der Waals surface area contributed by atoms with Crippen molar-refractivity contribution in [3.63, 3.8) is 0 Å². The maximum absolute atomic E-state index is 11.9. The van der Waals surface area contributed by atoms with E-state index in [1.165, 1.54) is 0 Å². The molecule has 4 N–H and O–H groups in total. The van der Waals surface area contributed by atoms with Crippen LogP contribution in [0.2, 0.25) is 10.0 Å². The molecular formula is C11H10Cl2N4O. The molecule has 18 heavy (non-hydrogen) atoms. The molecule has 0 unspecified atom stereocenters. The van der Waals surface area contributed by atoms with E-state index in [9.17, 15) is 4.79 Å². The van der Waals surface area contributed by atoms with E-state index < -0.39 is 0 Å². The number of nitrogens with zero attached hydrogens (tertiary/aromatic N) is 1. The van der Waals surface area contributed by atoms with Crippen molar-refractivity contribution in [1.82, 2.24) is 15.5 Å². The number of benzene rings is 1. The lowest BCUT2D eigenvalue weighted by Gasteiger charge is -2.07. The normalized spacial score (nSPS) is 10.3. The lowest BCUT2D eigenvalue weighted by atomic mass is 10.2. The van der Waals surface area contributed by atoms with Crippen LogP contribution in [0.1, 0.15) is 15.9 Å². The van der Waals surface area contributed by atoms with Gasteiger partial charge in [-0.25, -0.2) is 0 Å². The predicted molar refractivity (Wildman–Crippen MR) is 70.6 cm³/mol. The summed E-state index contributed by atoms with van der Waals surface area (Å²) < 4.78 is 0. The third-order valence-electron chi connectivity index (χ3n) is 2.38. The molecule has 1 aromatic heterocycles. The number of anilines is 1. The number of H-pyrrole nitrogens is 1. The van der Waals surface area contributed by atoms with Crippen LogP contribution in [-0.4, -0.2) is 16.1 Å². The standard InChI is InChI=1S/C11H10Cl2N4O/c12-7-2-1-3-8(13)9(7)11(18)15-4-6-5-16-17-10(6)14/h1-3,5H,4H2,(H,15,18)(H3,14,16,17). The fraction of sp³-hybridized carbons (Fsp3) is 0.0909. The van der Waals surface area contributed by atoms with Crippen LogP contribution in [0.25, 0.3) is 0 Å². The summed E-state index contributed by atoms with van der Waals surface area (Å²) in [6.45, 7) is 0.253. The molecule has 0 aliphatic carbocycles. The number of carbonyl (C=O) groups is 1. The molecule has 1 amide bonds. The third kappa shape index (κ3) is 2.57. The number of hydrogen-bond acceptors (Lipinski definition) is 3. The zero-order valence-electron chi connectivity index (χ0n) is 9.21. The average Bonchev–Trinajstić information content (AvgIpc) is 2.72. The number of rotatable bonds is 3. The Morgan fingerprint density at radius 3 is 2.61 bits per heavy atom. The highest BCUT2D eigenvalue weighted by Crippen LogP contribution is 2.24. The average molecular weight is 285 g/mol. The maximum Gasteiger partial charge on any atom is 0.254 e. The van der Waals surface area contributed by atoms with Crippen molar-refractivity contribution in [3.8, 4) is 0 Å². The summed E-state index contributed by atoms with van der Waals surface area (Å²) in [5.41, 5.74) is 6.56. The summed E-state index contributed by atoms with van der Waals surface area (Å²) in [5.74, 6) is 0.0618.